The minimum Gasteiger partial charge on any atom is -0.215 e. The number of thioether (sulfide) groups is 1. The Kier molecular flexibility index (Phi) is 5.55. The zero-order valence-electron chi connectivity index (χ0n) is 10.1. The molecule has 1 aromatic rings. The van der Waals surface area contributed by atoms with Crippen LogP contribution in [0.3, 0.4) is 0 Å². The molecule has 18 heavy (non-hydrogen) atoms. The maximum atomic E-state index is 13.4. The molecule has 1 N–H and O–H groups in total. The van der Waals surface area contributed by atoms with Gasteiger partial charge in [-0.15, -0.1) is 0 Å². The zero-order valence-corrected chi connectivity index (χ0v) is 11.7. The molecule has 1 rings (SSSR count). The zero-order chi connectivity index (χ0) is 13.8. The molecule has 3 nitrogen and oxygen atoms in total. The van der Waals surface area contributed by atoms with E-state index in [1.807, 2.05) is 0 Å². The Morgan fingerprint density at radius 3 is 2.39 bits per heavy atom. The number of hydrogen-bond donors (Lipinski definition) is 1. The van der Waals surface area contributed by atoms with E-state index in [9.17, 15) is 17.2 Å². The largest absolute Gasteiger partial charge is 0.215 e. The van der Waals surface area contributed by atoms with Crippen molar-refractivity contribution in [1.82, 2.24) is 4.72 Å². The van der Waals surface area contributed by atoms with Crippen LogP contribution in [0.5, 0.6) is 0 Å². The lowest BCUT2D eigenvalue weighted by Crippen LogP contribution is -2.24. The third kappa shape index (κ3) is 4.91. The monoisotopic (exact) mass is 295 g/mol. The number of sulfonamides is 1. The molecule has 0 bridgehead atoms. The molecule has 0 amide bonds. The van der Waals surface area contributed by atoms with E-state index >= 15 is 0 Å². The van der Waals surface area contributed by atoms with Gasteiger partial charge in [0, 0.05) is 23.1 Å². The van der Waals surface area contributed by atoms with E-state index in [2.05, 4.69) is 4.72 Å². The summed E-state index contributed by atoms with van der Waals surface area (Å²) < 4.78 is 50.8. The maximum absolute atomic E-state index is 13.4. The van der Waals surface area contributed by atoms with Gasteiger partial charge in [-0.3, -0.25) is 0 Å². The molecule has 0 aliphatic carbocycles. The SMILES string of the molecule is C[C@H](SCCNS(C)(=O)=O)c1c(F)cccc1F. The molecule has 7 heteroatoms. The minimum absolute atomic E-state index is 0.0295. The Morgan fingerprint density at radius 1 is 1.33 bits per heavy atom. The Balaban J connectivity index is 2.53. The van der Waals surface area contributed by atoms with Crippen LogP contribution < -0.4 is 4.72 Å². The summed E-state index contributed by atoms with van der Waals surface area (Å²) in [5, 5.41) is -0.368. The molecule has 1 atom stereocenters. The number of hydrogen-bond acceptors (Lipinski definition) is 3. The van der Waals surface area contributed by atoms with Crippen molar-refractivity contribution in [2.45, 2.75) is 12.2 Å². The van der Waals surface area contributed by atoms with Crippen molar-refractivity contribution in [3.05, 3.63) is 35.4 Å². The van der Waals surface area contributed by atoms with E-state index in [0.29, 0.717) is 5.75 Å². The maximum Gasteiger partial charge on any atom is 0.208 e. The summed E-state index contributed by atoms with van der Waals surface area (Å²) in [5.74, 6) is -0.709. The van der Waals surface area contributed by atoms with E-state index < -0.39 is 21.7 Å². The fourth-order valence-electron chi connectivity index (χ4n) is 1.45. The lowest BCUT2D eigenvalue weighted by molar-refractivity contribution is 0.557. The summed E-state index contributed by atoms with van der Waals surface area (Å²) in [4.78, 5) is 0. The summed E-state index contributed by atoms with van der Waals surface area (Å²) in [6.45, 7) is 1.93. The van der Waals surface area contributed by atoms with Crippen molar-refractivity contribution in [3.8, 4) is 0 Å². The first-order chi connectivity index (χ1) is 8.31. The first-order valence-electron chi connectivity index (χ1n) is 5.31. The standard InChI is InChI=1S/C11H15F2NO2S2/c1-8(17-7-6-14-18(2,15)16)11-9(12)4-3-5-10(11)13/h3-5,8,14H,6-7H2,1-2H3/t8-/m0/s1. The van der Waals surface area contributed by atoms with Gasteiger partial charge in [0.15, 0.2) is 0 Å². The highest BCUT2D eigenvalue weighted by molar-refractivity contribution is 7.99. The number of rotatable bonds is 6. The molecule has 0 saturated carbocycles. The van der Waals surface area contributed by atoms with E-state index in [1.54, 1.807) is 6.92 Å². The van der Waals surface area contributed by atoms with Crippen LogP contribution in [0.25, 0.3) is 0 Å². The highest BCUT2D eigenvalue weighted by Gasteiger charge is 2.16. The predicted octanol–water partition coefficient (Wildman–Crippen LogP) is 2.31. The van der Waals surface area contributed by atoms with Gasteiger partial charge in [-0.25, -0.2) is 21.9 Å². The quantitative estimate of drug-likeness (QED) is 0.819. The molecular formula is C11H15F2NO2S2. The van der Waals surface area contributed by atoms with Gasteiger partial charge < -0.3 is 0 Å². The van der Waals surface area contributed by atoms with Gasteiger partial charge in [0.1, 0.15) is 11.6 Å². The van der Waals surface area contributed by atoms with Crippen LogP contribution >= 0.6 is 11.8 Å². The second-order valence-electron chi connectivity index (χ2n) is 3.81. The van der Waals surface area contributed by atoms with Crippen molar-refractivity contribution >= 4 is 21.8 Å². The van der Waals surface area contributed by atoms with Crippen molar-refractivity contribution in [2.24, 2.45) is 0 Å². The van der Waals surface area contributed by atoms with Gasteiger partial charge in [0.05, 0.1) is 6.26 Å². The van der Waals surface area contributed by atoms with Crippen molar-refractivity contribution in [3.63, 3.8) is 0 Å². The molecule has 0 saturated heterocycles. The number of benzene rings is 1. The third-order valence-electron chi connectivity index (χ3n) is 2.24. The second kappa shape index (κ2) is 6.49. The average Bonchev–Trinajstić information content (AvgIpc) is 2.23. The summed E-state index contributed by atoms with van der Waals surface area (Å²) in [6, 6.07) is 3.74. The van der Waals surface area contributed by atoms with E-state index in [0.717, 1.165) is 6.26 Å². The van der Waals surface area contributed by atoms with Gasteiger partial charge in [-0.2, -0.15) is 11.8 Å². The molecule has 0 aromatic heterocycles. The molecule has 0 aliphatic rings. The van der Waals surface area contributed by atoms with Crippen LogP contribution in [-0.4, -0.2) is 27.0 Å². The van der Waals surface area contributed by atoms with Crippen LogP contribution in [0, 0.1) is 11.6 Å². The Hall–Kier alpha value is -0.660. The first kappa shape index (κ1) is 15.4. The summed E-state index contributed by atoms with van der Waals surface area (Å²) >= 11 is 1.29. The molecule has 1 aromatic carbocycles. The van der Waals surface area contributed by atoms with Crippen molar-refractivity contribution < 1.29 is 17.2 Å². The normalized spacial score (nSPS) is 13.6. The first-order valence-corrected chi connectivity index (χ1v) is 8.25. The van der Waals surface area contributed by atoms with Gasteiger partial charge in [-0.1, -0.05) is 6.07 Å². The van der Waals surface area contributed by atoms with Gasteiger partial charge in [-0.05, 0) is 19.1 Å². The Bertz CT molecular complexity index is 486. The Morgan fingerprint density at radius 2 is 1.89 bits per heavy atom. The topological polar surface area (TPSA) is 46.2 Å². The minimum atomic E-state index is -3.21. The van der Waals surface area contributed by atoms with Crippen molar-refractivity contribution in [1.29, 1.82) is 0 Å². The smallest absolute Gasteiger partial charge is 0.208 e. The second-order valence-corrected chi connectivity index (χ2v) is 7.10. The fourth-order valence-corrected chi connectivity index (χ4v) is 3.01. The van der Waals surface area contributed by atoms with E-state index in [1.165, 1.54) is 30.0 Å². The molecule has 0 radical (unpaired) electrons. The average molecular weight is 295 g/mol. The van der Waals surface area contributed by atoms with Gasteiger partial charge in [0.25, 0.3) is 0 Å². The lowest BCUT2D eigenvalue weighted by atomic mass is 10.1. The van der Waals surface area contributed by atoms with E-state index in [-0.39, 0.29) is 17.4 Å². The highest BCUT2D eigenvalue weighted by Crippen LogP contribution is 2.31. The lowest BCUT2D eigenvalue weighted by Gasteiger charge is -2.13. The summed E-state index contributed by atoms with van der Waals surface area (Å²) in [5.41, 5.74) is 0.0295. The molecule has 0 fully saturated rings. The third-order valence-corrected chi connectivity index (χ3v) is 4.14. The molecule has 102 valence electrons. The number of nitrogens with one attached hydrogen (secondary N) is 1. The Labute approximate surface area is 110 Å². The molecule has 0 aliphatic heterocycles. The van der Waals surface area contributed by atoms with Crippen LogP contribution in [0.1, 0.15) is 17.7 Å². The van der Waals surface area contributed by atoms with E-state index in [4.69, 9.17) is 0 Å². The van der Waals surface area contributed by atoms with Gasteiger partial charge in [0.2, 0.25) is 10.0 Å². The molecule has 0 unspecified atom stereocenters. The fraction of sp³-hybridized carbons (Fsp3) is 0.455. The predicted molar refractivity (Wildman–Crippen MR) is 70.1 cm³/mol. The highest BCUT2D eigenvalue weighted by atomic mass is 32.2. The van der Waals surface area contributed by atoms with Crippen LogP contribution in [0.2, 0.25) is 0 Å². The van der Waals surface area contributed by atoms with Gasteiger partial charge >= 0.3 is 0 Å². The van der Waals surface area contributed by atoms with Crippen LogP contribution in [0.15, 0.2) is 18.2 Å². The van der Waals surface area contributed by atoms with Crippen molar-refractivity contribution in [2.75, 3.05) is 18.6 Å². The molecule has 0 heterocycles. The summed E-state index contributed by atoms with van der Waals surface area (Å²) in [6.07, 6.45) is 1.07. The number of halogens is 2. The summed E-state index contributed by atoms with van der Waals surface area (Å²) in [7, 11) is -3.21. The molecular weight excluding hydrogens is 280 g/mol. The van der Waals surface area contributed by atoms with Crippen LogP contribution in [0.4, 0.5) is 8.78 Å². The van der Waals surface area contributed by atoms with Crippen LogP contribution in [-0.2, 0) is 10.0 Å². The molecule has 0 spiro atoms.